The number of amides is 1. The van der Waals surface area contributed by atoms with Gasteiger partial charge in [0.15, 0.2) is 0 Å². The number of rotatable bonds is 10. The lowest BCUT2D eigenvalue weighted by Crippen LogP contribution is -2.38. The summed E-state index contributed by atoms with van der Waals surface area (Å²) in [6, 6.07) is 7.13. The Morgan fingerprint density at radius 2 is 1.93 bits per heavy atom. The van der Waals surface area contributed by atoms with Crippen molar-refractivity contribution in [2.75, 3.05) is 26.8 Å². The van der Waals surface area contributed by atoms with Gasteiger partial charge in [-0.2, -0.15) is 0 Å². The highest BCUT2D eigenvalue weighted by Gasteiger charge is 2.17. The molecule has 0 saturated heterocycles. The Kier molecular flexibility index (Phi) is 7.36. The van der Waals surface area contributed by atoms with E-state index in [4.69, 9.17) is 19.1 Å². The second kappa shape index (κ2) is 9.72. The van der Waals surface area contributed by atoms with E-state index in [2.05, 4.69) is 5.16 Å². The fourth-order valence-corrected chi connectivity index (χ4v) is 2.51. The zero-order valence-corrected chi connectivity index (χ0v) is 15.7. The molecule has 0 radical (unpaired) electrons. The predicted octanol–water partition coefficient (Wildman–Crippen LogP) is 1.97. The van der Waals surface area contributed by atoms with Crippen LogP contribution < -0.4 is 4.74 Å². The molecule has 2 aromatic rings. The Hall–Kier alpha value is -2.87. The third-order valence-electron chi connectivity index (χ3n) is 4.09. The van der Waals surface area contributed by atoms with Gasteiger partial charge in [0.1, 0.15) is 24.7 Å². The maximum atomic E-state index is 12.4. The van der Waals surface area contributed by atoms with Gasteiger partial charge in [-0.3, -0.25) is 9.59 Å². The average Bonchev–Trinajstić information content (AvgIpc) is 2.95. The monoisotopic (exact) mass is 376 g/mol. The summed E-state index contributed by atoms with van der Waals surface area (Å²) in [5, 5.41) is 12.8. The Labute approximate surface area is 157 Å². The molecule has 0 aliphatic carbocycles. The SMILES string of the molecule is COCCN(CC(=O)O)C(=O)Cc1ccc(OCc2c(C)noc2C)cc1. The highest BCUT2D eigenvalue weighted by molar-refractivity contribution is 5.83. The number of methoxy groups -OCH3 is 1. The Morgan fingerprint density at radius 1 is 1.22 bits per heavy atom. The summed E-state index contributed by atoms with van der Waals surface area (Å²) in [7, 11) is 1.50. The first kappa shape index (κ1) is 20.4. The number of hydrogen-bond donors (Lipinski definition) is 1. The van der Waals surface area contributed by atoms with E-state index >= 15 is 0 Å². The standard InChI is InChI=1S/C19H24N2O6/c1-13-17(14(2)27-20-13)12-26-16-6-4-15(5-7-16)10-18(22)21(8-9-25-3)11-19(23)24/h4-7H,8-12H2,1-3H3,(H,23,24). The summed E-state index contributed by atoms with van der Waals surface area (Å²) < 4.78 is 15.8. The van der Waals surface area contributed by atoms with E-state index in [0.29, 0.717) is 12.4 Å². The molecular formula is C19H24N2O6. The van der Waals surface area contributed by atoms with Crippen molar-refractivity contribution >= 4 is 11.9 Å². The molecule has 0 saturated carbocycles. The number of aryl methyl sites for hydroxylation is 2. The summed E-state index contributed by atoms with van der Waals surface area (Å²) in [5.41, 5.74) is 2.48. The number of carbonyl (C=O) groups excluding carboxylic acids is 1. The number of ether oxygens (including phenoxy) is 2. The summed E-state index contributed by atoms with van der Waals surface area (Å²) in [6.07, 6.45) is 0.112. The van der Waals surface area contributed by atoms with Crippen molar-refractivity contribution in [2.45, 2.75) is 26.9 Å². The van der Waals surface area contributed by atoms with E-state index in [1.807, 2.05) is 13.8 Å². The highest BCUT2D eigenvalue weighted by atomic mass is 16.5. The van der Waals surface area contributed by atoms with Crippen LogP contribution >= 0.6 is 0 Å². The van der Waals surface area contributed by atoms with Crippen molar-refractivity contribution in [3.8, 4) is 5.75 Å². The van der Waals surface area contributed by atoms with Gasteiger partial charge in [-0.15, -0.1) is 0 Å². The van der Waals surface area contributed by atoms with Gasteiger partial charge in [-0.1, -0.05) is 17.3 Å². The minimum absolute atomic E-state index is 0.112. The van der Waals surface area contributed by atoms with Crippen LogP contribution in [0, 0.1) is 13.8 Å². The van der Waals surface area contributed by atoms with Crippen molar-refractivity contribution in [3.63, 3.8) is 0 Å². The van der Waals surface area contributed by atoms with Crippen LogP contribution in [0.3, 0.4) is 0 Å². The lowest BCUT2D eigenvalue weighted by atomic mass is 10.1. The van der Waals surface area contributed by atoms with E-state index in [0.717, 1.165) is 22.6 Å². The average molecular weight is 376 g/mol. The van der Waals surface area contributed by atoms with Gasteiger partial charge >= 0.3 is 5.97 Å². The number of aromatic nitrogens is 1. The van der Waals surface area contributed by atoms with E-state index in [1.165, 1.54) is 12.0 Å². The van der Waals surface area contributed by atoms with Gasteiger partial charge in [0.2, 0.25) is 5.91 Å². The third kappa shape index (κ3) is 6.10. The summed E-state index contributed by atoms with van der Waals surface area (Å²) in [4.78, 5) is 24.6. The van der Waals surface area contributed by atoms with Gasteiger partial charge in [0.05, 0.1) is 24.3 Å². The highest BCUT2D eigenvalue weighted by Crippen LogP contribution is 2.18. The number of carbonyl (C=O) groups is 2. The first-order valence-electron chi connectivity index (χ1n) is 8.52. The predicted molar refractivity (Wildman–Crippen MR) is 96.5 cm³/mol. The minimum Gasteiger partial charge on any atom is -0.489 e. The molecule has 0 aliphatic heterocycles. The Morgan fingerprint density at radius 3 is 2.48 bits per heavy atom. The summed E-state index contributed by atoms with van der Waals surface area (Å²) >= 11 is 0. The number of carboxylic acid groups (broad SMARTS) is 1. The summed E-state index contributed by atoms with van der Waals surface area (Å²) in [6.45, 7) is 4.22. The summed E-state index contributed by atoms with van der Waals surface area (Å²) in [5.74, 6) is 0.0682. The molecule has 146 valence electrons. The van der Waals surface area contributed by atoms with Crippen LogP contribution in [0.5, 0.6) is 5.75 Å². The van der Waals surface area contributed by atoms with Crippen molar-refractivity contribution < 1.29 is 28.7 Å². The van der Waals surface area contributed by atoms with Crippen molar-refractivity contribution in [1.82, 2.24) is 10.1 Å². The van der Waals surface area contributed by atoms with Gasteiger partial charge in [-0.25, -0.2) is 0 Å². The fraction of sp³-hybridized carbons (Fsp3) is 0.421. The lowest BCUT2D eigenvalue weighted by Gasteiger charge is -2.20. The Bertz CT molecular complexity index is 750. The molecule has 1 heterocycles. The van der Waals surface area contributed by atoms with Crippen LogP contribution in [0.15, 0.2) is 28.8 Å². The molecule has 0 fully saturated rings. The van der Waals surface area contributed by atoms with E-state index in [9.17, 15) is 9.59 Å². The maximum Gasteiger partial charge on any atom is 0.323 e. The smallest absolute Gasteiger partial charge is 0.323 e. The number of hydrogen-bond acceptors (Lipinski definition) is 6. The van der Waals surface area contributed by atoms with E-state index < -0.39 is 5.97 Å². The Balaban J connectivity index is 1.93. The molecule has 8 nitrogen and oxygen atoms in total. The van der Waals surface area contributed by atoms with Crippen LogP contribution in [-0.2, 0) is 27.4 Å². The molecule has 0 spiro atoms. The zero-order valence-electron chi connectivity index (χ0n) is 15.7. The second-order valence-electron chi connectivity index (χ2n) is 6.11. The van der Waals surface area contributed by atoms with Crippen molar-refractivity contribution in [1.29, 1.82) is 0 Å². The van der Waals surface area contributed by atoms with Crippen LogP contribution in [0.2, 0.25) is 0 Å². The number of aliphatic carboxylic acids is 1. The van der Waals surface area contributed by atoms with Crippen LogP contribution in [0.1, 0.15) is 22.6 Å². The van der Waals surface area contributed by atoms with Crippen LogP contribution in [0.25, 0.3) is 0 Å². The molecule has 1 aromatic carbocycles. The van der Waals surface area contributed by atoms with Crippen LogP contribution in [-0.4, -0.2) is 53.8 Å². The molecule has 0 atom stereocenters. The van der Waals surface area contributed by atoms with Gasteiger partial charge in [-0.05, 0) is 31.5 Å². The number of carboxylic acids is 1. The number of nitrogens with zero attached hydrogens (tertiary/aromatic N) is 2. The molecule has 0 bridgehead atoms. The first-order chi connectivity index (χ1) is 12.9. The van der Waals surface area contributed by atoms with Crippen molar-refractivity contribution in [2.24, 2.45) is 0 Å². The zero-order chi connectivity index (χ0) is 19.8. The molecule has 8 heteroatoms. The first-order valence-corrected chi connectivity index (χ1v) is 8.52. The third-order valence-corrected chi connectivity index (χ3v) is 4.09. The molecule has 0 aliphatic rings. The van der Waals surface area contributed by atoms with Crippen LogP contribution in [0.4, 0.5) is 0 Å². The number of benzene rings is 1. The van der Waals surface area contributed by atoms with Gasteiger partial charge in [0, 0.05) is 13.7 Å². The minimum atomic E-state index is -1.05. The fourth-order valence-electron chi connectivity index (χ4n) is 2.51. The normalized spacial score (nSPS) is 10.6. The van der Waals surface area contributed by atoms with Gasteiger partial charge < -0.3 is 24.0 Å². The van der Waals surface area contributed by atoms with E-state index in [-0.39, 0.29) is 32.0 Å². The molecule has 1 aromatic heterocycles. The molecule has 1 amide bonds. The molecular weight excluding hydrogens is 352 g/mol. The largest absolute Gasteiger partial charge is 0.489 e. The second-order valence-corrected chi connectivity index (χ2v) is 6.11. The molecule has 1 N–H and O–H groups in total. The maximum absolute atomic E-state index is 12.4. The molecule has 27 heavy (non-hydrogen) atoms. The molecule has 2 rings (SSSR count). The quantitative estimate of drug-likeness (QED) is 0.676. The van der Waals surface area contributed by atoms with Gasteiger partial charge in [0.25, 0.3) is 0 Å². The van der Waals surface area contributed by atoms with Crippen molar-refractivity contribution in [3.05, 3.63) is 46.8 Å². The molecule has 0 unspecified atom stereocenters. The topological polar surface area (TPSA) is 102 Å². The lowest BCUT2D eigenvalue weighted by molar-refractivity contribution is -0.144. The van der Waals surface area contributed by atoms with E-state index in [1.54, 1.807) is 24.3 Å².